The lowest BCUT2D eigenvalue weighted by molar-refractivity contribution is 0.0983. The maximum atomic E-state index is 11.9. The maximum absolute atomic E-state index is 11.9. The van der Waals surface area contributed by atoms with Gasteiger partial charge in [0.2, 0.25) is 0 Å². The fourth-order valence-corrected chi connectivity index (χ4v) is 3.70. The maximum Gasteiger partial charge on any atom is 0.181 e. The molecule has 0 aliphatic heterocycles. The lowest BCUT2D eigenvalue weighted by atomic mass is 9.99. The molecule has 3 N–H and O–H groups in total. The molecule has 0 atom stereocenters. The van der Waals surface area contributed by atoms with Crippen molar-refractivity contribution < 1.29 is 4.79 Å². The van der Waals surface area contributed by atoms with E-state index in [4.69, 9.17) is 5.73 Å². The summed E-state index contributed by atoms with van der Waals surface area (Å²) in [4.78, 5) is 28.2. The number of ketones is 1. The number of benzene rings is 1. The Morgan fingerprint density at radius 1 is 1.29 bits per heavy atom. The van der Waals surface area contributed by atoms with E-state index in [1.807, 2.05) is 26.0 Å². The average Bonchev–Trinajstić information content (AvgIpc) is 3.18. The summed E-state index contributed by atoms with van der Waals surface area (Å²) in [6, 6.07) is 3.82. The Hall–Kier alpha value is -2.80. The molecule has 4 aromatic rings. The molecule has 120 valence electrons. The molecule has 3 heterocycles. The quantitative estimate of drug-likeness (QED) is 0.555. The molecule has 0 saturated heterocycles. The van der Waals surface area contributed by atoms with Crippen LogP contribution in [0.4, 0.5) is 5.13 Å². The van der Waals surface area contributed by atoms with Gasteiger partial charge in [0.05, 0.1) is 27.6 Å². The molecule has 0 fully saturated rings. The lowest BCUT2D eigenvalue weighted by Gasteiger charge is -2.08. The van der Waals surface area contributed by atoms with Crippen molar-refractivity contribution in [2.75, 3.05) is 5.73 Å². The molecule has 0 radical (unpaired) electrons. The molecule has 0 amide bonds. The van der Waals surface area contributed by atoms with Gasteiger partial charge < -0.3 is 10.7 Å². The third-order valence-corrected chi connectivity index (χ3v) is 5.00. The molecule has 3 aromatic heterocycles. The summed E-state index contributed by atoms with van der Waals surface area (Å²) in [5.41, 5.74) is 11.8. The van der Waals surface area contributed by atoms with Crippen molar-refractivity contribution >= 4 is 43.5 Å². The first kappa shape index (κ1) is 14.8. The van der Waals surface area contributed by atoms with Gasteiger partial charge >= 0.3 is 0 Å². The number of fused-ring (bicyclic) bond motifs is 3. The van der Waals surface area contributed by atoms with Crippen molar-refractivity contribution in [1.29, 1.82) is 0 Å². The van der Waals surface area contributed by atoms with E-state index in [0.717, 1.165) is 37.9 Å². The zero-order valence-electron chi connectivity index (χ0n) is 13.3. The Labute approximate surface area is 141 Å². The predicted octanol–water partition coefficient (Wildman–Crippen LogP) is 3.72. The SMILES string of the molecule is CCC(=O)c1cc(C)c(-c2cc3nc(N)sc3c3[nH]cnc23)cn1. The van der Waals surface area contributed by atoms with Gasteiger partial charge in [-0.05, 0) is 24.6 Å². The van der Waals surface area contributed by atoms with E-state index in [2.05, 4.69) is 19.9 Å². The summed E-state index contributed by atoms with van der Waals surface area (Å²) in [5, 5.41) is 0.525. The lowest BCUT2D eigenvalue weighted by Crippen LogP contribution is -2.01. The van der Waals surface area contributed by atoms with Crippen LogP contribution in [-0.2, 0) is 0 Å². The highest BCUT2D eigenvalue weighted by Gasteiger charge is 2.16. The van der Waals surface area contributed by atoms with Gasteiger partial charge in [0.15, 0.2) is 10.9 Å². The van der Waals surface area contributed by atoms with Crippen molar-refractivity contribution in [3.8, 4) is 11.1 Å². The number of nitrogens with one attached hydrogen (secondary N) is 1. The number of aromatic nitrogens is 4. The summed E-state index contributed by atoms with van der Waals surface area (Å²) < 4.78 is 0.993. The molecular formula is C17H15N5OS. The van der Waals surface area contributed by atoms with Crippen molar-refractivity contribution in [3.63, 3.8) is 0 Å². The summed E-state index contributed by atoms with van der Waals surface area (Å²) in [5.74, 6) is 0.0392. The topological polar surface area (TPSA) is 97.6 Å². The average molecular weight is 337 g/mol. The van der Waals surface area contributed by atoms with Gasteiger partial charge in [0.1, 0.15) is 5.69 Å². The van der Waals surface area contributed by atoms with Crippen LogP contribution in [0.15, 0.2) is 24.7 Å². The Morgan fingerprint density at radius 2 is 2.12 bits per heavy atom. The molecule has 0 aliphatic rings. The van der Waals surface area contributed by atoms with Crippen LogP contribution in [0.1, 0.15) is 29.4 Å². The number of aryl methyl sites for hydroxylation is 1. The Bertz CT molecular complexity index is 1100. The van der Waals surface area contributed by atoms with Gasteiger partial charge in [0.25, 0.3) is 0 Å². The van der Waals surface area contributed by atoms with E-state index in [9.17, 15) is 4.79 Å². The molecule has 7 heteroatoms. The summed E-state index contributed by atoms with van der Waals surface area (Å²) in [6.45, 7) is 3.81. The van der Waals surface area contributed by atoms with E-state index in [0.29, 0.717) is 17.2 Å². The highest BCUT2D eigenvalue weighted by atomic mass is 32.1. The molecule has 0 aliphatic carbocycles. The number of hydrogen-bond donors (Lipinski definition) is 2. The third kappa shape index (κ3) is 2.16. The standard InChI is InChI=1S/C17H15N5OS/c1-3-13(23)11-4-8(2)10(6-19-11)9-5-12-16(24-17(18)22-12)15-14(9)20-7-21-15/h4-7H,3H2,1-2H3,(H2,18,22)(H,20,21). The number of hydrogen-bond acceptors (Lipinski definition) is 6. The van der Waals surface area contributed by atoms with E-state index in [-0.39, 0.29) is 5.78 Å². The van der Waals surface area contributed by atoms with Crippen molar-refractivity contribution in [3.05, 3.63) is 35.9 Å². The first-order valence-corrected chi connectivity index (χ1v) is 8.42. The number of rotatable bonds is 3. The zero-order valence-corrected chi connectivity index (χ0v) is 14.1. The number of nitrogen functional groups attached to an aromatic ring is 1. The van der Waals surface area contributed by atoms with Crippen LogP contribution in [0.3, 0.4) is 0 Å². The van der Waals surface area contributed by atoms with Gasteiger partial charge in [-0.3, -0.25) is 9.78 Å². The number of pyridine rings is 1. The predicted molar refractivity (Wildman–Crippen MR) is 96.3 cm³/mol. The smallest absolute Gasteiger partial charge is 0.181 e. The second kappa shape index (κ2) is 5.38. The van der Waals surface area contributed by atoms with Gasteiger partial charge in [-0.25, -0.2) is 9.97 Å². The van der Waals surface area contributed by atoms with Crippen LogP contribution in [0.25, 0.3) is 32.4 Å². The number of aromatic amines is 1. The van der Waals surface area contributed by atoms with Crippen LogP contribution >= 0.6 is 11.3 Å². The number of anilines is 1. The minimum absolute atomic E-state index is 0.0392. The number of carbonyl (C=O) groups is 1. The molecular weight excluding hydrogens is 322 g/mol. The van der Waals surface area contributed by atoms with Crippen molar-refractivity contribution in [2.24, 2.45) is 0 Å². The van der Waals surface area contributed by atoms with E-state index >= 15 is 0 Å². The largest absolute Gasteiger partial charge is 0.375 e. The second-order valence-electron chi connectivity index (χ2n) is 5.61. The van der Waals surface area contributed by atoms with Crippen LogP contribution < -0.4 is 5.73 Å². The minimum Gasteiger partial charge on any atom is -0.375 e. The number of nitrogens with zero attached hydrogens (tertiary/aromatic N) is 3. The minimum atomic E-state index is 0.0392. The van der Waals surface area contributed by atoms with Crippen LogP contribution in [0.5, 0.6) is 0 Å². The van der Waals surface area contributed by atoms with Crippen LogP contribution in [0.2, 0.25) is 0 Å². The number of H-pyrrole nitrogens is 1. The number of imidazole rings is 1. The van der Waals surface area contributed by atoms with Gasteiger partial charge in [-0.15, -0.1) is 0 Å². The molecule has 6 nitrogen and oxygen atoms in total. The first-order chi connectivity index (χ1) is 11.6. The molecule has 1 aromatic carbocycles. The number of thiazole rings is 1. The fraction of sp³-hybridized carbons (Fsp3) is 0.176. The number of Topliss-reactive ketones (excluding diaryl/α,β-unsaturated/α-hetero) is 1. The number of carbonyl (C=O) groups excluding carboxylic acids is 1. The van der Waals surface area contributed by atoms with E-state index in [1.54, 1.807) is 12.5 Å². The van der Waals surface area contributed by atoms with Crippen molar-refractivity contribution in [1.82, 2.24) is 19.9 Å². The third-order valence-electron chi connectivity index (χ3n) is 4.08. The van der Waals surface area contributed by atoms with Crippen LogP contribution in [0, 0.1) is 6.92 Å². The monoisotopic (exact) mass is 337 g/mol. The first-order valence-electron chi connectivity index (χ1n) is 7.60. The molecule has 0 unspecified atom stereocenters. The summed E-state index contributed by atoms with van der Waals surface area (Å²) in [7, 11) is 0. The fourth-order valence-electron chi connectivity index (χ4n) is 2.88. The van der Waals surface area contributed by atoms with Crippen molar-refractivity contribution in [2.45, 2.75) is 20.3 Å². The number of nitrogens with two attached hydrogens (primary N) is 1. The second-order valence-corrected chi connectivity index (χ2v) is 6.64. The van der Waals surface area contributed by atoms with Gasteiger partial charge in [-0.2, -0.15) is 0 Å². The Morgan fingerprint density at radius 3 is 2.88 bits per heavy atom. The molecule has 24 heavy (non-hydrogen) atoms. The highest BCUT2D eigenvalue weighted by molar-refractivity contribution is 7.22. The van der Waals surface area contributed by atoms with E-state index in [1.165, 1.54) is 11.3 Å². The summed E-state index contributed by atoms with van der Waals surface area (Å²) in [6.07, 6.45) is 3.85. The molecule has 4 rings (SSSR count). The Balaban J connectivity index is 1.98. The molecule has 0 bridgehead atoms. The zero-order chi connectivity index (χ0) is 16.8. The van der Waals surface area contributed by atoms with Crippen LogP contribution in [-0.4, -0.2) is 25.7 Å². The molecule has 0 saturated carbocycles. The Kier molecular flexibility index (Phi) is 3.31. The van der Waals surface area contributed by atoms with E-state index < -0.39 is 0 Å². The summed E-state index contributed by atoms with van der Waals surface area (Å²) >= 11 is 1.44. The van der Waals surface area contributed by atoms with Gasteiger partial charge in [0, 0.05) is 23.7 Å². The van der Waals surface area contributed by atoms with Gasteiger partial charge in [-0.1, -0.05) is 18.3 Å². The molecule has 0 spiro atoms. The highest BCUT2D eigenvalue weighted by Crippen LogP contribution is 2.37. The normalized spacial score (nSPS) is 11.4.